The first-order chi connectivity index (χ1) is 7.41. The Morgan fingerprint density at radius 2 is 2.12 bits per heavy atom. The second kappa shape index (κ2) is 5.36. The van der Waals surface area contributed by atoms with Crippen molar-refractivity contribution in [3.05, 3.63) is 0 Å². The van der Waals surface area contributed by atoms with Gasteiger partial charge in [-0.1, -0.05) is 0 Å². The van der Waals surface area contributed by atoms with Gasteiger partial charge >= 0.3 is 0 Å². The lowest BCUT2D eigenvalue weighted by Crippen LogP contribution is -2.26. The zero-order valence-corrected chi connectivity index (χ0v) is 10.9. The number of likely N-dealkylation sites (N-methyl/N-ethyl adjacent to an activating group) is 1. The van der Waals surface area contributed by atoms with E-state index in [1.165, 1.54) is 11.5 Å². The van der Waals surface area contributed by atoms with Gasteiger partial charge in [-0.3, -0.25) is 0 Å². The molecule has 0 aliphatic carbocycles. The Bertz CT molecular complexity index is 339. The summed E-state index contributed by atoms with van der Waals surface area (Å²) >= 11 is 1.28. The molecule has 0 aliphatic heterocycles. The van der Waals surface area contributed by atoms with Crippen LogP contribution in [-0.2, 0) is 0 Å². The van der Waals surface area contributed by atoms with Crippen LogP contribution in [0.3, 0.4) is 0 Å². The number of nitrogens with zero attached hydrogens (tertiary/aromatic N) is 2. The Labute approximate surface area is 100.0 Å². The summed E-state index contributed by atoms with van der Waals surface area (Å²) < 4.78 is 9.69. The highest BCUT2D eigenvalue weighted by Gasteiger charge is 2.18. The van der Waals surface area contributed by atoms with Gasteiger partial charge in [0.05, 0.1) is 12.2 Å². The van der Waals surface area contributed by atoms with Crippen LogP contribution < -0.4 is 15.4 Å². The lowest BCUT2D eigenvalue weighted by Gasteiger charge is -2.20. The van der Waals surface area contributed by atoms with Crippen LogP contribution in [0.2, 0.25) is 0 Å². The molecule has 0 bridgehead atoms. The van der Waals surface area contributed by atoms with Gasteiger partial charge in [-0.25, -0.2) is 0 Å². The average Bonchev–Trinajstić information content (AvgIpc) is 2.46. The van der Waals surface area contributed by atoms with E-state index in [2.05, 4.69) is 4.37 Å². The highest BCUT2D eigenvalue weighted by atomic mass is 32.1. The lowest BCUT2D eigenvalue weighted by molar-refractivity contribution is 0.201. The molecule has 0 saturated carbocycles. The van der Waals surface area contributed by atoms with E-state index in [1.807, 2.05) is 25.8 Å². The largest absolute Gasteiger partial charge is 0.484 e. The molecule has 0 aliphatic rings. The van der Waals surface area contributed by atoms with E-state index in [0.29, 0.717) is 18.1 Å². The van der Waals surface area contributed by atoms with Gasteiger partial charge in [0.2, 0.25) is 0 Å². The van der Waals surface area contributed by atoms with E-state index < -0.39 is 6.10 Å². The fourth-order valence-corrected chi connectivity index (χ4v) is 2.07. The highest BCUT2D eigenvalue weighted by molar-refractivity contribution is 7.11. The summed E-state index contributed by atoms with van der Waals surface area (Å²) in [5.74, 6) is 1.02. The second-order valence-electron chi connectivity index (χ2n) is 4.10. The second-order valence-corrected chi connectivity index (χ2v) is 4.85. The summed E-state index contributed by atoms with van der Waals surface area (Å²) in [6, 6.07) is 0. The molecule has 3 N–H and O–H groups in total. The van der Waals surface area contributed by atoms with Crippen molar-refractivity contribution in [3.8, 4) is 5.75 Å². The van der Waals surface area contributed by atoms with Crippen LogP contribution in [0, 0.1) is 0 Å². The van der Waals surface area contributed by atoms with Crippen LogP contribution in [0.1, 0.15) is 20.8 Å². The molecule has 1 rings (SSSR count). The maximum atomic E-state index is 9.33. The van der Waals surface area contributed by atoms with Crippen molar-refractivity contribution in [2.45, 2.75) is 33.0 Å². The minimum Gasteiger partial charge on any atom is -0.484 e. The number of aliphatic hydroxyl groups excluding tert-OH is 1. The van der Waals surface area contributed by atoms with Gasteiger partial charge in [0, 0.05) is 13.6 Å². The van der Waals surface area contributed by atoms with Crippen molar-refractivity contribution in [1.29, 1.82) is 0 Å². The Morgan fingerprint density at radius 3 is 2.62 bits per heavy atom. The minimum atomic E-state index is -0.403. The van der Waals surface area contributed by atoms with Crippen LogP contribution in [0.4, 0.5) is 10.8 Å². The van der Waals surface area contributed by atoms with Crippen LogP contribution in [0.15, 0.2) is 0 Å². The molecule has 6 heteroatoms. The van der Waals surface area contributed by atoms with Gasteiger partial charge in [0.15, 0.2) is 16.6 Å². The topological polar surface area (TPSA) is 71.6 Å². The lowest BCUT2D eigenvalue weighted by atomic mass is 10.3. The van der Waals surface area contributed by atoms with Crippen molar-refractivity contribution in [2.24, 2.45) is 0 Å². The zero-order chi connectivity index (χ0) is 12.3. The van der Waals surface area contributed by atoms with Gasteiger partial charge in [0.1, 0.15) is 0 Å². The van der Waals surface area contributed by atoms with Gasteiger partial charge in [-0.05, 0) is 32.3 Å². The predicted octanol–water partition coefficient (Wildman–Crippen LogP) is 1.33. The molecule has 1 unspecified atom stereocenters. The Balaban J connectivity index is 2.86. The third kappa shape index (κ3) is 3.24. The molecule has 0 radical (unpaired) electrons. The number of anilines is 2. The summed E-state index contributed by atoms with van der Waals surface area (Å²) in [7, 11) is 1.88. The molecule has 16 heavy (non-hydrogen) atoms. The summed E-state index contributed by atoms with van der Waals surface area (Å²) in [4.78, 5) is 1.90. The molecular weight excluding hydrogens is 226 g/mol. The molecule has 0 amide bonds. The summed E-state index contributed by atoms with van der Waals surface area (Å²) in [6.45, 7) is 6.14. The van der Waals surface area contributed by atoms with E-state index in [0.717, 1.165) is 5.00 Å². The number of rotatable bonds is 5. The number of nitrogens with two attached hydrogens (primary N) is 1. The molecule has 1 atom stereocenters. The number of ether oxygens (including phenoxy) is 1. The smallest absolute Gasteiger partial charge is 0.198 e. The van der Waals surface area contributed by atoms with Gasteiger partial charge in [-0.15, -0.1) is 0 Å². The van der Waals surface area contributed by atoms with Crippen LogP contribution in [0.25, 0.3) is 0 Å². The molecule has 0 spiro atoms. The van der Waals surface area contributed by atoms with E-state index in [-0.39, 0.29) is 6.10 Å². The first kappa shape index (κ1) is 13.1. The predicted molar refractivity (Wildman–Crippen MR) is 67.2 cm³/mol. The summed E-state index contributed by atoms with van der Waals surface area (Å²) in [5, 5.41) is 10.2. The van der Waals surface area contributed by atoms with Crippen LogP contribution in [-0.4, -0.2) is 35.3 Å². The Hall–Kier alpha value is -1.01. The number of aliphatic hydroxyl groups is 1. The SMILES string of the molecule is CC(O)CN(C)c1snc(N)c1OC(C)C. The number of aromatic nitrogens is 1. The van der Waals surface area contributed by atoms with Crippen LogP contribution in [0.5, 0.6) is 5.75 Å². The molecule has 0 saturated heterocycles. The summed E-state index contributed by atoms with van der Waals surface area (Å²) in [5.41, 5.74) is 5.74. The van der Waals surface area contributed by atoms with Gasteiger partial charge < -0.3 is 20.5 Å². The number of hydrogen-bond donors (Lipinski definition) is 2. The van der Waals surface area contributed by atoms with E-state index in [1.54, 1.807) is 6.92 Å². The van der Waals surface area contributed by atoms with Crippen molar-refractivity contribution in [3.63, 3.8) is 0 Å². The summed E-state index contributed by atoms with van der Waals surface area (Å²) in [6.07, 6.45) is -0.349. The quantitative estimate of drug-likeness (QED) is 0.819. The van der Waals surface area contributed by atoms with Crippen molar-refractivity contribution < 1.29 is 9.84 Å². The van der Waals surface area contributed by atoms with E-state index in [9.17, 15) is 5.11 Å². The van der Waals surface area contributed by atoms with Gasteiger partial charge in [-0.2, -0.15) is 4.37 Å². The Morgan fingerprint density at radius 1 is 1.50 bits per heavy atom. The zero-order valence-electron chi connectivity index (χ0n) is 10.1. The molecule has 1 aromatic heterocycles. The number of nitrogen functional groups attached to an aromatic ring is 1. The highest BCUT2D eigenvalue weighted by Crippen LogP contribution is 2.38. The molecule has 0 fully saturated rings. The molecule has 0 aromatic carbocycles. The average molecular weight is 245 g/mol. The van der Waals surface area contributed by atoms with E-state index >= 15 is 0 Å². The monoisotopic (exact) mass is 245 g/mol. The standard InChI is InChI=1S/C10H19N3O2S/c1-6(2)15-8-9(11)12-16-10(8)13(4)5-7(3)14/h6-7,14H,5H2,1-4H3,(H2,11,12). The maximum absolute atomic E-state index is 9.33. The molecule has 5 nitrogen and oxygen atoms in total. The van der Waals surface area contributed by atoms with Crippen molar-refractivity contribution in [2.75, 3.05) is 24.2 Å². The Kier molecular flexibility index (Phi) is 4.37. The fraction of sp³-hybridized carbons (Fsp3) is 0.700. The van der Waals surface area contributed by atoms with Gasteiger partial charge in [0.25, 0.3) is 0 Å². The number of hydrogen-bond acceptors (Lipinski definition) is 6. The third-order valence-electron chi connectivity index (χ3n) is 1.90. The van der Waals surface area contributed by atoms with Crippen molar-refractivity contribution in [1.82, 2.24) is 4.37 Å². The minimum absolute atomic E-state index is 0.0531. The maximum Gasteiger partial charge on any atom is 0.198 e. The third-order valence-corrected chi connectivity index (χ3v) is 2.85. The first-order valence-corrected chi connectivity index (χ1v) is 6.00. The molecule has 1 aromatic rings. The van der Waals surface area contributed by atoms with E-state index in [4.69, 9.17) is 10.5 Å². The fourth-order valence-electron chi connectivity index (χ4n) is 1.35. The first-order valence-electron chi connectivity index (χ1n) is 5.22. The molecule has 1 heterocycles. The van der Waals surface area contributed by atoms with Crippen molar-refractivity contribution >= 4 is 22.4 Å². The normalized spacial score (nSPS) is 12.9. The van der Waals surface area contributed by atoms with Crippen LogP contribution >= 0.6 is 11.5 Å². The molecular formula is C10H19N3O2S. The molecule has 92 valence electrons.